The van der Waals surface area contributed by atoms with Crippen molar-refractivity contribution in [2.45, 2.75) is 13.5 Å². The second kappa shape index (κ2) is 6.42. The molecule has 0 saturated carbocycles. The van der Waals surface area contributed by atoms with Gasteiger partial charge in [-0.05, 0) is 65.3 Å². The van der Waals surface area contributed by atoms with Crippen molar-refractivity contribution >= 4 is 27.5 Å². The lowest BCUT2D eigenvalue weighted by atomic mass is 10.1. The van der Waals surface area contributed by atoms with Gasteiger partial charge in [0.25, 0.3) is 0 Å². The predicted molar refractivity (Wildman–Crippen MR) is 83.2 cm³/mol. The summed E-state index contributed by atoms with van der Waals surface area (Å²) < 4.78 is 6.75. The van der Waals surface area contributed by atoms with Crippen LogP contribution in [-0.4, -0.2) is 7.05 Å². The van der Waals surface area contributed by atoms with Crippen molar-refractivity contribution < 1.29 is 4.74 Å². The molecule has 19 heavy (non-hydrogen) atoms. The molecule has 0 aliphatic heterocycles. The van der Waals surface area contributed by atoms with Crippen LogP contribution >= 0.6 is 27.5 Å². The van der Waals surface area contributed by atoms with Crippen molar-refractivity contribution in [2.24, 2.45) is 0 Å². The Hall–Kier alpha value is -1.03. The van der Waals surface area contributed by atoms with Gasteiger partial charge in [0, 0.05) is 11.6 Å². The number of benzene rings is 2. The van der Waals surface area contributed by atoms with Crippen molar-refractivity contribution in [1.82, 2.24) is 5.32 Å². The summed E-state index contributed by atoms with van der Waals surface area (Å²) >= 11 is 9.36. The fourth-order valence-corrected chi connectivity index (χ4v) is 2.58. The summed E-state index contributed by atoms with van der Waals surface area (Å²) in [4.78, 5) is 0. The highest BCUT2D eigenvalue weighted by Crippen LogP contribution is 2.33. The van der Waals surface area contributed by atoms with Crippen molar-refractivity contribution in [2.75, 3.05) is 7.05 Å². The molecular weight excluding hydrogens is 326 g/mol. The molecule has 0 saturated heterocycles. The second-order valence-electron chi connectivity index (χ2n) is 4.31. The van der Waals surface area contributed by atoms with E-state index in [4.69, 9.17) is 16.3 Å². The molecule has 0 aliphatic carbocycles. The molecule has 0 atom stereocenters. The fraction of sp³-hybridized carbons (Fsp3) is 0.200. The van der Waals surface area contributed by atoms with E-state index in [-0.39, 0.29) is 0 Å². The van der Waals surface area contributed by atoms with Crippen LogP contribution in [0.2, 0.25) is 5.02 Å². The topological polar surface area (TPSA) is 21.3 Å². The Kier molecular flexibility index (Phi) is 4.86. The van der Waals surface area contributed by atoms with E-state index in [0.717, 1.165) is 28.1 Å². The quantitative estimate of drug-likeness (QED) is 0.852. The fourth-order valence-electron chi connectivity index (χ4n) is 1.82. The van der Waals surface area contributed by atoms with Gasteiger partial charge in [-0.15, -0.1) is 0 Å². The molecule has 0 bridgehead atoms. The molecular formula is C15H15BrClNO. The van der Waals surface area contributed by atoms with Gasteiger partial charge in [-0.3, -0.25) is 0 Å². The van der Waals surface area contributed by atoms with Crippen LogP contribution in [0.25, 0.3) is 0 Å². The molecule has 2 rings (SSSR count). The van der Waals surface area contributed by atoms with E-state index < -0.39 is 0 Å². The van der Waals surface area contributed by atoms with Gasteiger partial charge < -0.3 is 10.1 Å². The first-order valence-electron chi connectivity index (χ1n) is 5.97. The zero-order chi connectivity index (χ0) is 13.8. The van der Waals surface area contributed by atoms with E-state index in [1.807, 2.05) is 38.2 Å². The van der Waals surface area contributed by atoms with Crippen molar-refractivity contribution in [3.05, 3.63) is 57.0 Å². The molecule has 0 spiro atoms. The molecule has 0 heterocycles. The van der Waals surface area contributed by atoms with Crippen LogP contribution in [0.1, 0.15) is 11.1 Å². The van der Waals surface area contributed by atoms with E-state index in [1.165, 1.54) is 5.56 Å². The molecule has 0 aromatic heterocycles. The van der Waals surface area contributed by atoms with Crippen LogP contribution in [-0.2, 0) is 6.54 Å². The minimum Gasteiger partial charge on any atom is -0.456 e. The van der Waals surface area contributed by atoms with Crippen molar-refractivity contribution in [1.29, 1.82) is 0 Å². The third kappa shape index (κ3) is 3.72. The number of nitrogens with one attached hydrogen (secondary N) is 1. The summed E-state index contributed by atoms with van der Waals surface area (Å²) in [5, 5.41) is 3.81. The number of rotatable bonds is 4. The molecule has 0 amide bonds. The minimum absolute atomic E-state index is 0.681. The van der Waals surface area contributed by atoms with Crippen molar-refractivity contribution in [3.8, 4) is 11.5 Å². The van der Waals surface area contributed by atoms with Crippen molar-refractivity contribution in [3.63, 3.8) is 0 Å². The lowest BCUT2D eigenvalue weighted by molar-refractivity contribution is 0.475. The Morgan fingerprint density at radius 2 is 1.89 bits per heavy atom. The predicted octanol–water partition coefficient (Wildman–Crippen LogP) is 4.92. The second-order valence-corrected chi connectivity index (χ2v) is 5.60. The molecule has 1 N–H and O–H groups in total. The first-order chi connectivity index (χ1) is 9.10. The lowest BCUT2D eigenvalue weighted by Crippen LogP contribution is -2.05. The molecule has 0 fully saturated rings. The third-order valence-corrected chi connectivity index (χ3v) is 3.59. The molecule has 0 radical (unpaired) electrons. The molecule has 0 unspecified atom stereocenters. The molecule has 0 aliphatic rings. The highest BCUT2D eigenvalue weighted by atomic mass is 79.9. The maximum absolute atomic E-state index is 5.91. The van der Waals surface area contributed by atoms with Crippen LogP contribution < -0.4 is 10.1 Å². The Balaban J connectivity index is 2.23. The van der Waals surface area contributed by atoms with Gasteiger partial charge in [-0.25, -0.2) is 0 Å². The molecule has 2 aromatic carbocycles. The normalized spacial score (nSPS) is 10.5. The zero-order valence-electron chi connectivity index (χ0n) is 10.8. The van der Waals surface area contributed by atoms with Gasteiger partial charge in [0.05, 0.1) is 4.47 Å². The van der Waals surface area contributed by atoms with Gasteiger partial charge in [0.1, 0.15) is 11.5 Å². The molecule has 2 aromatic rings. The molecule has 100 valence electrons. The first kappa shape index (κ1) is 14.4. The number of ether oxygens (including phenoxy) is 1. The Morgan fingerprint density at radius 3 is 2.53 bits per heavy atom. The van der Waals surface area contributed by atoms with Crippen LogP contribution in [0.15, 0.2) is 40.9 Å². The van der Waals surface area contributed by atoms with Gasteiger partial charge in [0.2, 0.25) is 0 Å². The number of hydrogen-bond donors (Lipinski definition) is 1. The first-order valence-corrected chi connectivity index (χ1v) is 7.14. The van der Waals surface area contributed by atoms with E-state index >= 15 is 0 Å². The smallest absolute Gasteiger partial charge is 0.141 e. The number of halogens is 2. The lowest BCUT2D eigenvalue weighted by Gasteiger charge is -2.11. The summed E-state index contributed by atoms with van der Waals surface area (Å²) in [5.41, 5.74) is 2.34. The van der Waals surface area contributed by atoms with E-state index in [1.54, 1.807) is 0 Å². The van der Waals surface area contributed by atoms with Crippen LogP contribution in [0.4, 0.5) is 0 Å². The molecule has 4 heteroatoms. The highest BCUT2D eigenvalue weighted by molar-refractivity contribution is 9.10. The SMILES string of the molecule is CNCc1ccc(Oc2ccc(Cl)cc2Br)c(C)c1. The average Bonchev–Trinajstić information content (AvgIpc) is 2.36. The molecule has 2 nitrogen and oxygen atoms in total. The van der Waals surface area contributed by atoms with Gasteiger partial charge in [0.15, 0.2) is 0 Å². The van der Waals surface area contributed by atoms with Crippen LogP contribution in [0.3, 0.4) is 0 Å². The summed E-state index contributed by atoms with van der Waals surface area (Å²) in [6, 6.07) is 11.7. The van der Waals surface area contributed by atoms with E-state index in [2.05, 4.69) is 33.4 Å². The number of aryl methyl sites for hydroxylation is 1. The van der Waals surface area contributed by atoms with Gasteiger partial charge in [-0.2, -0.15) is 0 Å². The zero-order valence-corrected chi connectivity index (χ0v) is 13.2. The maximum atomic E-state index is 5.91. The van der Waals surface area contributed by atoms with Crippen LogP contribution in [0.5, 0.6) is 11.5 Å². The largest absolute Gasteiger partial charge is 0.456 e. The van der Waals surface area contributed by atoms with E-state index in [0.29, 0.717) is 5.02 Å². The van der Waals surface area contributed by atoms with E-state index in [9.17, 15) is 0 Å². The summed E-state index contributed by atoms with van der Waals surface area (Å²) in [5.74, 6) is 1.61. The highest BCUT2D eigenvalue weighted by Gasteiger charge is 2.06. The number of hydrogen-bond acceptors (Lipinski definition) is 2. The van der Waals surface area contributed by atoms with Gasteiger partial charge >= 0.3 is 0 Å². The Morgan fingerprint density at radius 1 is 1.16 bits per heavy atom. The maximum Gasteiger partial charge on any atom is 0.141 e. The van der Waals surface area contributed by atoms with Crippen LogP contribution in [0, 0.1) is 6.92 Å². The minimum atomic E-state index is 0.681. The summed E-state index contributed by atoms with van der Waals surface area (Å²) in [7, 11) is 1.94. The Bertz CT molecular complexity index is 586. The summed E-state index contributed by atoms with van der Waals surface area (Å²) in [6.07, 6.45) is 0. The Labute approximate surface area is 126 Å². The standard InChI is InChI=1S/C15H15BrClNO/c1-10-7-11(9-18-2)3-5-14(10)19-15-6-4-12(17)8-13(15)16/h3-8,18H,9H2,1-2H3. The van der Waals surface area contributed by atoms with Gasteiger partial charge in [-0.1, -0.05) is 23.7 Å². The monoisotopic (exact) mass is 339 g/mol. The summed E-state index contributed by atoms with van der Waals surface area (Å²) in [6.45, 7) is 2.89. The third-order valence-electron chi connectivity index (χ3n) is 2.73. The average molecular weight is 341 g/mol.